The van der Waals surface area contributed by atoms with Crippen LogP contribution in [-0.2, 0) is 0 Å². The highest BCUT2D eigenvalue weighted by Gasteiger charge is 2.20. The van der Waals surface area contributed by atoms with Gasteiger partial charge in [0.15, 0.2) is 0 Å². The minimum atomic E-state index is 0.204. The fraction of sp³-hybridized carbons (Fsp3) is 0.333. The average molecular weight is 482 g/mol. The van der Waals surface area contributed by atoms with Crippen LogP contribution < -0.4 is 5.32 Å². The van der Waals surface area contributed by atoms with Gasteiger partial charge in [0.2, 0.25) is 0 Å². The van der Waals surface area contributed by atoms with Gasteiger partial charge in [-0.15, -0.1) is 11.3 Å². The molecular weight excluding hydrogens is 466 g/mol. The third kappa shape index (κ3) is 3.74. The molecule has 108 valence electrons. The van der Waals surface area contributed by atoms with Crippen LogP contribution in [0.4, 0.5) is 0 Å². The lowest BCUT2D eigenvalue weighted by molar-refractivity contribution is 0.602. The van der Waals surface area contributed by atoms with Gasteiger partial charge in [-0.1, -0.05) is 38.8 Å². The number of hydrogen-bond donors (Lipinski definition) is 1. The van der Waals surface area contributed by atoms with Gasteiger partial charge in [-0.25, -0.2) is 0 Å². The first-order valence-corrected chi connectivity index (χ1v) is 9.72. The van der Waals surface area contributed by atoms with Crippen molar-refractivity contribution in [2.75, 3.05) is 6.54 Å². The smallest absolute Gasteiger partial charge is 0.0693 e. The Labute approximate surface area is 149 Å². The molecule has 1 aromatic heterocycles. The molecule has 0 fully saturated rings. The molecule has 0 saturated heterocycles. The lowest BCUT2D eigenvalue weighted by Gasteiger charge is -2.21. The van der Waals surface area contributed by atoms with Crippen LogP contribution in [0.5, 0.6) is 0 Å². The van der Waals surface area contributed by atoms with Crippen LogP contribution in [0.1, 0.15) is 35.4 Å². The number of rotatable bonds is 5. The number of hydrogen-bond acceptors (Lipinski definition) is 2. The summed E-state index contributed by atoms with van der Waals surface area (Å²) in [5, 5.41) is 5.77. The van der Waals surface area contributed by atoms with E-state index in [4.69, 9.17) is 0 Å². The van der Waals surface area contributed by atoms with Gasteiger partial charge in [0.25, 0.3) is 0 Å². The van der Waals surface area contributed by atoms with Gasteiger partial charge in [-0.05, 0) is 70.5 Å². The van der Waals surface area contributed by atoms with Crippen LogP contribution in [0.15, 0.2) is 37.0 Å². The minimum Gasteiger partial charge on any atom is -0.306 e. The Morgan fingerprint density at radius 1 is 1.15 bits per heavy atom. The van der Waals surface area contributed by atoms with Gasteiger partial charge in [-0.3, -0.25) is 0 Å². The van der Waals surface area contributed by atoms with Gasteiger partial charge in [0, 0.05) is 18.3 Å². The van der Waals surface area contributed by atoms with Gasteiger partial charge in [0.05, 0.1) is 6.04 Å². The highest BCUT2D eigenvalue weighted by atomic mass is 79.9. The quantitative estimate of drug-likeness (QED) is 0.518. The maximum absolute atomic E-state index is 3.71. The van der Waals surface area contributed by atoms with Crippen molar-refractivity contribution in [2.45, 2.75) is 26.3 Å². The number of benzene rings is 1. The zero-order valence-electron chi connectivity index (χ0n) is 11.3. The first-order chi connectivity index (χ1) is 9.54. The Bertz CT molecular complexity index is 595. The summed E-state index contributed by atoms with van der Waals surface area (Å²) in [7, 11) is 0. The van der Waals surface area contributed by atoms with Gasteiger partial charge >= 0.3 is 0 Å². The Morgan fingerprint density at radius 3 is 2.50 bits per heavy atom. The molecule has 1 aromatic carbocycles. The van der Waals surface area contributed by atoms with Crippen LogP contribution in [-0.4, -0.2) is 6.54 Å². The maximum Gasteiger partial charge on any atom is 0.0693 e. The fourth-order valence-electron chi connectivity index (χ4n) is 2.03. The van der Waals surface area contributed by atoms with Crippen LogP contribution in [0, 0.1) is 6.92 Å². The molecule has 1 nitrogen and oxygen atoms in total. The predicted octanol–water partition coefficient (Wildman–Crippen LogP) is 6.43. The standard InChI is InChI=1S/C15H16Br3NS/c1-3-5-19-14(15-11(16)4-6-20-15)10-8-12(17)9(2)7-13(10)18/h4,6-8,14,19H,3,5H2,1-2H3. The fourth-order valence-corrected chi connectivity index (χ4v) is 4.77. The summed E-state index contributed by atoms with van der Waals surface area (Å²) in [4.78, 5) is 1.31. The second-order valence-corrected chi connectivity index (χ2v) is 8.15. The van der Waals surface area contributed by atoms with E-state index in [0.717, 1.165) is 21.9 Å². The number of nitrogens with one attached hydrogen (secondary N) is 1. The van der Waals surface area contributed by atoms with Gasteiger partial charge < -0.3 is 5.32 Å². The van der Waals surface area contributed by atoms with Crippen LogP contribution in [0.3, 0.4) is 0 Å². The highest BCUT2D eigenvalue weighted by molar-refractivity contribution is 9.11. The van der Waals surface area contributed by atoms with Crippen molar-refractivity contribution in [3.8, 4) is 0 Å². The molecule has 1 unspecified atom stereocenters. The summed E-state index contributed by atoms with van der Waals surface area (Å²) in [5.74, 6) is 0. The molecule has 0 aliphatic carbocycles. The Hall–Kier alpha value is 0.320. The van der Waals surface area contributed by atoms with E-state index in [2.05, 4.69) is 90.5 Å². The second kappa shape index (κ2) is 7.54. The van der Waals surface area contributed by atoms with Gasteiger partial charge in [0.1, 0.15) is 0 Å². The van der Waals surface area contributed by atoms with E-state index in [9.17, 15) is 0 Å². The molecule has 5 heteroatoms. The molecule has 0 amide bonds. The lowest BCUT2D eigenvalue weighted by Crippen LogP contribution is -2.23. The molecule has 1 atom stereocenters. The lowest BCUT2D eigenvalue weighted by atomic mass is 10.0. The topological polar surface area (TPSA) is 12.0 Å². The van der Waals surface area contributed by atoms with E-state index in [-0.39, 0.29) is 6.04 Å². The zero-order chi connectivity index (χ0) is 14.7. The summed E-state index contributed by atoms with van der Waals surface area (Å²) >= 11 is 12.8. The molecule has 20 heavy (non-hydrogen) atoms. The van der Waals surface area contributed by atoms with Crippen LogP contribution >= 0.6 is 59.1 Å². The van der Waals surface area contributed by atoms with Crippen molar-refractivity contribution < 1.29 is 0 Å². The zero-order valence-corrected chi connectivity index (χ0v) is 16.9. The summed E-state index contributed by atoms with van der Waals surface area (Å²) in [5.41, 5.74) is 2.50. The van der Waals surface area contributed by atoms with Crippen molar-refractivity contribution in [1.29, 1.82) is 0 Å². The first-order valence-electron chi connectivity index (χ1n) is 6.46. The maximum atomic E-state index is 3.71. The Balaban J connectivity index is 2.46. The summed E-state index contributed by atoms with van der Waals surface area (Å²) < 4.78 is 3.46. The Kier molecular flexibility index (Phi) is 6.29. The summed E-state index contributed by atoms with van der Waals surface area (Å²) in [6.07, 6.45) is 1.12. The molecule has 2 aromatic rings. The monoisotopic (exact) mass is 479 g/mol. The molecule has 0 aliphatic rings. The van der Waals surface area contributed by atoms with Gasteiger partial charge in [-0.2, -0.15) is 0 Å². The van der Waals surface area contributed by atoms with Crippen molar-refractivity contribution in [3.63, 3.8) is 0 Å². The molecule has 1 N–H and O–H groups in total. The number of aryl methyl sites for hydroxylation is 1. The number of thiophene rings is 1. The van der Waals surface area contributed by atoms with E-state index in [1.807, 2.05) is 0 Å². The normalized spacial score (nSPS) is 12.7. The average Bonchev–Trinajstić information content (AvgIpc) is 2.82. The minimum absolute atomic E-state index is 0.204. The van der Waals surface area contributed by atoms with Crippen molar-refractivity contribution in [1.82, 2.24) is 5.32 Å². The SMILES string of the molecule is CCCNC(c1cc(Br)c(C)cc1Br)c1sccc1Br. The van der Waals surface area contributed by atoms with E-state index in [1.54, 1.807) is 11.3 Å². The predicted molar refractivity (Wildman–Crippen MR) is 98.7 cm³/mol. The van der Waals surface area contributed by atoms with Crippen LogP contribution in [0.25, 0.3) is 0 Å². The molecule has 1 heterocycles. The third-order valence-electron chi connectivity index (χ3n) is 3.09. The molecule has 0 radical (unpaired) electrons. The molecular formula is C15H16Br3NS. The van der Waals surface area contributed by atoms with Crippen LogP contribution in [0.2, 0.25) is 0 Å². The van der Waals surface area contributed by atoms with E-state index < -0.39 is 0 Å². The first kappa shape index (κ1) is 16.7. The molecule has 0 bridgehead atoms. The summed E-state index contributed by atoms with van der Waals surface area (Å²) in [6.45, 7) is 5.29. The summed E-state index contributed by atoms with van der Waals surface area (Å²) in [6, 6.07) is 6.69. The van der Waals surface area contributed by atoms with Crippen molar-refractivity contribution in [3.05, 3.63) is 53.0 Å². The Morgan fingerprint density at radius 2 is 1.90 bits per heavy atom. The molecule has 0 aliphatic heterocycles. The molecule has 0 spiro atoms. The van der Waals surface area contributed by atoms with Crippen molar-refractivity contribution >= 4 is 59.1 Å². The second-order valence-electron chi connectivity index (χ2n) is 4.64. The molecule has 0 saturated carbocycles. The third-order valence-corrected chi connectivity index (χ3v) is 6.57. The van der Waals surface area contributed by atoms with E-state index >= 15 is 0 Å². The van der Waals surface area contributed by atoms with E-state index in [0.29, 0.717) is 0 Å². The largest absolute Gasteiger partial charge is 0.306 e. The highest BCUT2D eigenvalue weighted by Crippen LogP contribution is 2.38. The number of halogens is 3. The van der Waals surface area contributed by atoms with E-state index in [1.165, 1.54) is 20.5 Å². The van der Waals surface area contributed by atoms with Crippen molar-refractivity contribution in [2.24, 2.45) is 0 Å². The molecule has 2 rings (SSSR count).